The maximum absolute atomic E-state index is 4.81. The molecule has 0 heterocycles. The van der Waals surface area contributed by atoms with Crippen LogP contribution in [-0.4, -0.2) is 0 Å². The molecule has 3 atom stereocenters. The Morgan fingerprint density at radius 2 is 1.64 bits per heavy atom. The second-order valence-electron chi connectivity index (χ2n) is 12.5. The summed E-state index contributed by atoms with van der Waals surface area (Å²) < 4.78 is 0. The van der Waals surface area contributed by atoms with Crippen LogP contribution in [-0.2, 0) is 12.8 Å². The zero-order chi connectivity index (χ0) is 26.2. The molecule has 0 amide bonds. The molecule has 0 aromatic heterocycles. The minimum Gasteiger partial charge on any atom is -0.0955 e. The lowest BCUT2D eigenvalue weighted by molar-refractivity contribution is 0.0580. The van der Waals surface area contributed by atoms with E-state index in [-0.39, 0.29) is 16.2 Å². The summed E-state index contributed by atoms with van der Waals surface area (Å²) in [5.41, 5.74) is 16.1. The fourth-order valence-corrected chi connectivity index (χ4v) is 8.12. The molecule has 0 radical (unpaired) electrons. The summed E-state index contributed by atoms with van der Waals surface area (Å²) in [6.45, 7) is 30.2. The fraction of sp³-hybridized carbons (Fsp3) is 0.389. The quantitative estimate of drug-likeness (QED) is 0.415. The first-order valence-electron chi connectivity index (χ1n) is 13.6. The van der Waals surface area contributed by atoms with Gasteiger partial charge in [-0.15, -0.1) is 0 Å². The Hall–Kier alpha value is -2.86. The third kappa shape index (κ3) is 3.19. The van der Waals surface area contributed by atoms with Gasteiger partial charge in [-0.25, -0.2) is 0 Å². The Kier molecular flexibility index (Phi) is 5.56. The van der Waals surface area contributed by atoms with E-state index in [2.05, 4.69) is 97.5 Å². The largest absolute Gasteiger partial charge is 0.0955 e. The number of hydrogen-bond acceptors (Lipinski definition) is 0. The van der Waals surface area contributed by atoms with Crippen LogP contribution in [0, 0.1) is 23.2 Å². The molecule has 0 bridgehead atoms. The molecule has 0 spiro atoms. The summed E-state index contributed by atoms with van der Waals surface area (Å²) in [5, 5.41) is 0. The van der Waals surface area contributed by atoms with Crippen molar-refractivity contribution in [3.05, 3.63) is 112 Å². The van der Waals surface area contributed by atoms with Gasteiger partial charge in [0.25, 0.3) is 0 Å². The third-order valence-corrected chi connectivity index (χ3v) is 10.2. The van der Waals surface area contributed by atoms with E-state index in [9.17, 15) is 0 Å². The topological polar surface area (TPSA) is 0 Å². The van der Waals surface area contributed by atoms with Crippen LogP contribution in [0.5, 0.6) is 0 Å². The molecule has 0 nitrogen and oxygen atoms in total. The van der Waals surface area contributed by atoms with Crippen LogP contribution in [0.2, 0.25) is 0 Å². The van der Waals surface area contributed by atoms with E-state index in [4.69, 9.17) is 13.2 Å². The van der Waals surface area contributed by atoms with Gasteiger partial charge in [0.05, 0.1) is 0 Å². The van der Waals surface area contributed by atoms with Crippen LogP contribution in [0.4, 0.5) is 0 Å². The van der Waals surface area contributed by atoms with Crippen LogP contribution in [0.15, 0.2) is 90.1 Å². The smallest absolute Gasteiger partial charge is 0.0194 e. The van der Waals surface area contributed by atoms with E-state index < -0.39 is 0 Å². The summed E-state index contributed by atoms with van der Waals surface area (Å²) in [5.74, 6) is 0. The maximum Gasteiger partial charge on any atom is 0.0194 e. The van der Waals surface area contributed by atoms with Crippen molar-refractivity contribution in [3.63, 3.8) is 0 Å². The van der Waals surface area contributed by atoms with Crippen LogP contribution in [0.3, 0.4) is 0 Å². The molecule has 2 aromatic carbocycles. The predicted octanol–water partition coefficient (Wildman–Crippen LogP) is 10.00. The van der Waals surface area contributed by atoms with Crippen molar-refractivity contribution in [1.82, 2.24) is 0 Å². The van der Waals surface area contributed by atoms with Crippen LogP contribution in [0.1, 0.15) is 76.6 Å². The first kappa shape index (κ1) is 24.8. The van der Waals surface area contributed by atoms with Crippen LogP contribution in [0.25, 0.3) is 16.7 Å². The summed E-state index contributed by atoms with van der Waals surface area (Å²) in [4.78, 5) is 0. The molecular weight excluding hydrogens is 432 g/mol. The SMILES string of the molecule is C=C(C)C1=CC[C@@]2(C)C[C@@]3(C)Cc4c(-c5ccc(CC)cc5)ccc(C)c4C(=C)C3=C(C)[C@@]2(C)C1=C. The highest BCUT2D eigenvalue weighted by atomic mass is 14.6. The van der Waals surface area contributed by atoms with E-state index in [1.54, 1.807) is 0 Å². The maximum atomic E-state index is 4.81. The number of allylic oxidation sites excluding steroid dienone is 7. The molecule has 2 aromatic rings. The zero-order valence-electron chi connectivity index (χ0n) is 23.5. The van der Waals surface area contributed by atoms with Crippen LogP contribution >= 0.6 is 0 Å². The molecule has 186 valence electrons. The monoisotopic (exact) mass is 474 g/mol. The van der Waals surface area contributed by atoms with E-state index >= 15 is 0 Å². The van der Waals surface area contributed by atoms with E-state index in [1.165, 1.54) is 61.2 Å². The van der Waals surface area contributed by atoms with E-state index in [0.717, 1.165) is 31.3 Å². The molecule has 0 heteroatoms. The van der Waals surface area contributed by atoms with Gasteiger partial charge in [0.15, 0.2) is 0 Å². The summed E-state index contributed by atoms with van der Waals surface area (Å²) >= 11 is 0. The van der Waals surface area contributed by atoms with Gasteiger partial charge in [-0.05, 0) is 113 Å². The molecule has 0 N–H and O–H groups in total. The van der Waals surface area contributed by atoms with Gasteiger partial charge in [-0.3, -0.25) is 0 Å². The highest BCUT2D eigenvalue weighted by molar-refractivity contribution is 5.90. The number of fused-ring (bicyclic) bond motifs is 3. The van der Waals surface area contributed by atoms with E-state index in [0.29, 0.717) is 0 Å². The van der Waals surface area contributed by atoms with Gasteiger partial charge in [-0.1, -0.05) is 101 Å². The second kappa shape index (κ2) is 8.07. The van der Waals surface area contributed by atoms with Gasteiger partial charge in [0, 0.05) is 5.41 Å². The standard InChI is InChI=1S/C36H42/c1-11-27-13-15-28(16-14-27)30-17-12-23(4)32-24(5)33-26(7)36(10)25(6)29(22(2)3)18-19-35(36,9)21-34(33,8)20-31(30)32/h12-18H,2,5-6,11,19-21H2,1,3-4,7-10H3/t34-,35+,36-/m1/s1. The van der Waals surface area contributed by atoms with Gasteiger partial charge in [-0.2, -0.15) is 0 Å². The third-order valence-electron chi connectivity index (χ3n) is 10.2. The first-order chi connectivity index (χ1) is 16.9. The normalized spacial score (nSPS) is 29.4. The molecule has 36 heavy (non-hydrogen) atoms. The van der Waals surface area contributed by atoms with Crippen molar-refractivity contribution in [1.29, 1.82) is 0 Å². The number of rotatable bonds is 3. The Morgan fingerprint density at radius 3 is 2.25 bits per heavy atom. The Balaban J connectivity index is 1.73. The highest BCUT2D eigenvalue weighted by Crippen LogP contribution is 2.69. The van der Waals surface area contributed by atoms with Crippen molar-refractivity contribution in [2.45, 2.75) is 74.1 Å². The van der Waals surface area contributed by atoms with Crippen LogP contribution < -0.4 is 0 Å². The summed E-state index contributed by atoms with van der Waals surface area (Å²) in [6, 6.07) is 13.8. The molecule has 0 aliphatic heterocycles. The summed E-state index contributed by atoms with van der Waals surface area (Å²) in [7, 11) is 0. The minimum atomic E-state index is -0.104. The van der Waals surface area contributed by atoms with Crippen molar-refractivity contribution in [2.24, 2.45) is 16.2 Å². The molecular formula is C36H42. The molecule has 0 saturated carbocycles. The lowest BCUT2D eigenvalue weighted by atomic mass is 9.42. The lowest BCUT2D eigenvalue weighted by Gasteiger charge is -2.61. The average Bonchev–Trinajstić information content (AvgIpc) is 2.81. The van der Waals surface area contributed by atoms with Gasteiger partial charge in [0.1, 0.15) is 0 Å². The van der Waals surface area contributed by atoms with Crippen molar-refractivity contribution >= 4 is 5.57 Å². The number of hydrogen-bond donors (Lipinski definition) is 0. The zero-order valence-corrected chi connectivity index (χ0v) is 23.5. The molecule has 3 aliphatic rings. The molecule has 0 fully saturated rings. The van der Waals surface area contributed by atoms with Crippen molar-refractivity contribution in [3.8, 4) is 11.1 Å². The predicted molar refractivity (Wildman–Crippen MR) is 157 cm³/mol. The molecule has 5 rings (SSSR count). The van der Waals surface area contributed by atoms with Crippen molar-refractivity contribution < 1.29 is 0 Å². The Labute approximate surface area is 219 Å². The van der Waals surface area contributed by atoms with Gasteiger partial charge in [0.2, 0.25) is 0 Å². The Morgan fingerprint density at radius 1 is 0.972 bits per heavy atom. The first-order valence-corrected chi connectivity index (χ1v) is 13.6. The number of aryl methyl sites for hydroxylation is 2. The lowest BCUT2D eigenvalue weighted by Crippen LogP contribution is -2.51. The molecule has 0 unspecified atom stereocenters. The Bertz CT molecular complexity index is 1390. The van der Waals surface area contributed by atoms with E-state index in [1.807, 2.05) is 0 Å². The van der Waals surface area contributed by atoms with Crippen molar-refractivity contribution in [2.75, 3.05) is 0 Å². The summed E-state index contributed by atoms with van der Waals surface area (Å²) in [6.07, 6.45) is 6.71. The minimum absolute atomic E-state index is 0.0448. The molecule has 3 aliphatic carbocycles. The second-order valence-corrected chi connectivity index (χ2v) is 12.5. The van der Waals surface area contributed by atoms with Gasteiger partial charge < -0.3 is 0 Å². The van der Waals surface area contributed by atoms with Gasteiger partial charge >= 0.3 is 0 Å². The average molecular weight is 475 g/mol. The fourth-order valence-electron chi connectivity index (χ4n) is 8.12. The molecule has 0 saturated heterocycles. The number of benzene rings is 2. The highest BCUT2D eigenvalue weighted by Gasteiger charge is 2.59.